The number of hydrogen-bond donors (Lipinski definition) is 0. The zero-order chi connectivity index (χ0) is 54.7. The van der Waals surface area contributed by atoms with E-state index in [0.717, 1.165) is 73.1 Å². The number of hydrogen-bond acceptors (Lipinski definition) is 3. The van der Waals surface area contributed by atoms with Gasteiger partial charge < -0.3 is 9.80 Å². The van der Waals surface area contributed by atoms with Crippen molar-refractivity contribution in [1.82, 2.24) is 0 Å². The zero-order valence-corrected chi connectivity index (χ0v) is 46.5. The van der Waals surface area contributed by atoms with Gasteiger partial charge in [-0.25, -0.2) is 0 Å². The molecule has 0 radical (unpaired) electrons. The fourth-order valence-corrected chi connectivity index (χ4v) is 14.1. The number of anilines is 6. The lowest BCUT2D eigenvalue weighted by atomic mass is 9.82. The Bertz CT molecular complexity index is 4660. The molecule has 14 aromatic rings. The van der Waals surface area contributed by atoms with E-state index in [4.69, 9.17) is 0 Å². The lowest BCUT2D eigenvalue weighted by molar-refractivity contribution is 0.660. The van der Waals surface area contributed by atoms with Crippen LogP contribution in [0.15, 0.2) is 303 Å². The fourth-order valence-electron chi connectivity index (χ4n) is 12.7. The van der Waals surface area contributed by atoms with Crippen molar-refractivity contribution in [2.24, 2.45) is 0 Å². The second-order valence-electron chi connectivity index (χ2n) is 22.1. The van der Waals surface area contributed by atoms with Crippen molar-refractivity contribution in [1.29, 1.82) is 0 Å². The molecule has 388 valence electrons. The normalized spacial score (nSPS) is 12.4. The molecule has 1 aliphatic carbocycles. The molecule has 0 unspecified atom stereocenters. The third-order valence-electron chi connectivity index (χ3n) is 16.8. The first-order valence-corrected chi connectivity index (χ1v) is 29.1. The first-order valence-electron chi connectivity index (χ1n) is 28.3. The van der Waals surface area contributed by atoms with Gasteiger partial charge in [-0.15, -0.1) is 11.3 Å². The maximum atomic E-state index is 2.45. The molecule has 0 fully saturated rings. The first-order chi connectivity index (χ1) is 40.4. The Morgan fingerprint density at radius 1 is 0.244 bits per heavy atom. The largest absolute Gasteiger partial charge is 0.310 e. The van der Waals surface area contributed by atoms with Crippen molar-refractivity contribution < 1.29 is 0 Å². The van der Waals surface area contributed by atoms with Crippen LogP contribution in [0.5, 0.6) is 0 Å². The minimum atomic E-state index is -0.182. The van der Waals surface area contributed by atoms with E-state index in [2.05, 4.69) is 327 Å². The number of para-hydroxylation sites is 2. The highest BCUT2D eigenvalue weighted by Gasteiger charge is 2.36. The van der Waals surface area contributed by atoms with E-state index in [1.54, 1.807) is 0 Å². The fraction of sp³-hybridized carbons (Fsp3) is 0.0380. The molecule has 0 spiro atoms. The SMILES string of the molecule is CC1(C)c2ccccc2-c2ccc(N(c3ccccc3)c3cc(-c4cccc(-c5cccc(-c6cccc7c6sc6c8ccccc8ccc76)c5)c4)cc(N(c4ccccc4)c4cc(-c5ccccc5)cc(-c5ccccc5)c4)c3)cc21. The van der Waals surface area contributed by atoms with E-state index >= 15 is 0 Å². The lowest BCUT2D eigenvalue weighted by Gasteiger charge is -2.31. The molecule has 3 heteroatoms. The van der Waals surface area contributed by atoms with Crippen LogP contribution in [0.3, 0.4) is 0 Å². The van der Waals surface area contributed by atoms with E-state index in [1.807, 2.05) is 11.3 Å². The van der Waals surface area contributed by atoms with Crippen LogP contribution in [-0.2, 0) is 5.41 Å². The summed E-state index contributed by atoms with van der Waals surface area (Å²) in [6.45, 7) is 4.74. The van der Waals surface area contributed by atoms with Gasteiger partial charge in [0.05, 0.1) is 0 Å². The molecule has 82 heavy (non-hydrogen) atoms. The predicted octanol–water partition coefficient (Wildman–Crippen LogP) is 22.8. The van der Waals surface area contributed by atoms with Gasteiger partial charge in [-0.2, -0.15) is 0 Å². The van der Waals surface area contributed by atoms with Gasteiger partial charge in [0.25, 0.3) is 0 Å². The van der Waals surface area contributed by atoms with E-state index in [9.17, 15) is 0 Å². The van der Waals surface area contributed by atoms with Crippen LogP contribution in [0.2, 0.25) is 0 Å². The Hall–Kier alpha value is -10.1. The van der Waals surface area contributed by atoms with E-state index in [-0.39, 0.29) is 5.41 Å². The summed E-state index contributed by atoms with van der Waals surface area (Å²) in [5.74, 6) is 0. The first kappa shape index (κ1) is 49.0. The second-order valence-corrected chi connectivity index (χ2v) is 23.1. The van der Waals surface area contributed by atoms with Gasteiger partial charge in [-0.1, -0.05) is 232 Å². The smallest absolute Gasteiger partial charge is 0.0488 e. The third kappa shape index (κ3) is 8.66. The highest BCUT2D eigenvalue weighted by Crippen LogP contribution is 2.52. The van der Waals surface area contributed by atoms with Gasteiger partial charge >= 0.3 is 0 Å². The second kappa shape index (κ2) is 20.2. The molecule has 0 amide bonds. The molecule has 0 aliphatic heterocycles. The van der Waals surface area contributed by atoms with E-state index in [0.29, 0.717) is 0 Å². The Morgan fingerprint density at radius 3 is 1.34 bits per heavy atom. The van der Waals surface area contributed by atoms with Gasteiger partial charge in [0.1, 0.15) is 0 Å². The van der Waals surface area contributed by atoms with Crippen molar-refractivity contribution in [2.75, 3.05) is 9.80 Å². The van der Waals surface area contributed by atoms with Crippen molar-refractivity contribution in [3.63, 3.8) is 0 Å². The van der Waals surface area contributed by atoms with Gasteiger partial charge in [0.2, 0.25) is 0 Å². The van der Waals surface area contributed by atoms with Gasteiger partial charge in [-0.3, -0.25) is 0 Å². The molecule has 0 atom stereocenters. The van der Waals surface area contributed by atoms with Crippen LogP contribution >= 0.6 is 11.3 Å². The standard InChI is InChI=1S/C79H56N2S/c1-79(2)75-39-18-17-36-71(75)72-43-41-65(52-76(72)79)80(63-31-11-5-12-32-63)67-49-62(50-68(51-67)81(64-33-13-6-14-34-64)66-47-60(53-22-7-3-8-23-53)46-61(48-66)54-24-9-4-10-25-54)58-29-19-27-56(44-58)57-28-20-30-59(45-57)70-37-21-38-73-74-42-40-55-26-15-16-35-69(55)77(74)82-78(70)73/h3-52H,1-2H3. The Kier molecular flexibility index (Phi) is 12.1. The summed E-state index contributed by atoms with van der Waals surface area (Å²) in [7, 11) is 0. The van der Waals surface area contributed by atoms with Crippen molar-refractivity contribution in [2.45, 2.75) is 19.3 Å². The minimum absolute atomic E-state index is 0.182. The summed E-state index contributed by atoms with van der Waals surface area (Å²) in [5.41, 5.74) is 23.1. The highest BCUT2D eigenvalue weighted by molar-refractivity contribution is 7.27. The summed E-state index contributed by atoms with van der Waals surface area (Å²) in [6.07, 6.45) is 0. The summed E-state index contributed by atoms with van der Waals surface area (Å²) >= 11 is 1.91. The zero-order valence-electron chi connectivity index (χ0n) is 45.7. The summed E-state index contributed by atoms with van der Waals surface area (Å²) in [6, 6.07) is 112. The molecular formula is C79H56N2S. The molecule has 1 aliphatic rings. The molecule has 13 aromatic carbocycles. The summed E-state index contributed by atoms with van der Waals surface area (Å²) in [5, 5.41) is 5.20. The van der Waals surface area contributed by atoms with E-state index < -0.39 is 0 Å². The Morgan fingerprint density at radius 2 is 0.683 bits per heavy atom. The lowest BCUT2D eigenvalue weighted by Crippen LogP contribution is -2.17. The number of thiophene rings is 1. The molecule has 0 N–H and O–H groups in total. The number of rotatable bonds is 11. The van der Waals surface area contributed by atoms with Crippen LogP contribution in [0.1, 0.15) is 25.0 Å². The quantitative estimate of drug-likeness (QED) is 0.127. The molecular weight excluding hydrogens is 1010 g/mol. The van der Waals surface area contributed by atoms with Crippen LogP contribution in [0.25, 0.3) is 97.7 Å². The highest BCUT2D eigenvalue weighted by atomic mass is 32.1. The maximum Gasteiger partial charge on any atom is 0.0488 e. The average molecular weight is 1070 g/mol. The molecule has 0 saturated carbocycles. The summed E-state index contributed by atoms with van der Waals surface area (Å²) in [4.78, 5) is 4.90. The molecule has 0 saturated heterocycles. The van der Waals surface area contributed by atoms with Gasteiger partial charge in [0.15, 0.2) is 0 Å². The molecule has 1 heterocycles. The minimum Gasteiger partial charge on any atom is -0.310 e. The van der Waals surface area contributed by atoms with Gasteiger partial charge in [0, 0.05) is 59.7 Å². The van der Waals surface area contributed by atoms with Crippen LogP contribution in [-0.4, -0.2) is 0 Å². The Balaban J connectivity index is 0.929. The molecule has 15 rings (SSSR count). The Labute approximate surface area is 483 Å². The third-order valence-corrected chi connectivity index (χ3v) is 18.0. The van der Waals surface area contributed by atoms with Crippen molar-refractivity contribution in [3.8, 4) is 66.8 Å². The molecule has 2 nitrogen and oxygen atoms in total. The van der Waals surface area contributed by atoms with Crippen molar-refractivity contribution >= 4 is 76.4 Å². The number of nitrogens with zero attached hydrogens (tertiary/aromatic N) is 2. The van der Waals surface area contributed by atoms with Crippen LogP contribution in [0, 0.1) is 0 Å². The maximum absolute atomic E-state index is 2.45. The summed E-state index contributed by atoms with van der Waals surface area (Å²) < 4.78 is 2.66. The number of benzene rings is 13. The average Bonchev–Trinajstić information content (AvgIpc) is 4.20. The van der Waals surface area contributed by atoms with Gasteiger partial charge in [-0.05, 0) is 174 Å². The monoisotopic (exact) mass is 1060 g/mol. The number of fused-ring (bicyclic) bond motifs is 8. The van der Waals surface area contributed by atoms with Crippen LogP contribution in [0.4, 0.5) is 34.1 Å². The van der Waals surface area contributed by atoms with E-state index in [1.165, 1.54) is 69.9 Å². The topological polar surface area (TPSA) is 6.48 Å². The predicted molar refractivity (Wildman–Crippen MR) is 351 cm³/mol. The molecule has 1 aromatic heterocycles. The van der Waals surface area contributed by atoms with Crippen LogP contribution < -0.4 is 9.80 Å². The molecule has 0 bridgehead atoms. The van der Waals surface area contributed by atoms with Crippen molar-refractivity contribution in [3.05, 3.63) is 314 Å².